The number of aliphatic hydroxyl groups excluding tert-OH is 2. The van der Waals surface area contributed by atoms with E-state index in [1.54, 1.807) is 41.8 Å². The van der Waals surface area contributed by atoms with Gasteiger partial charge in [-0.25, -0.2) is 14.6 Å². The van der Waals surface area contributed by atoms with E-state index in [4.69, 9.17) is 46.6 Å². The van der Waals surface area contributed by atoms with Gasteiger partial charge in [0.1, 0.15) is 42.8 Å². The molecule has 336 valence electrons. The van der Waals surface area contributed by atoms with Gasteiger partial charge in [0.15, 0.2) is 5.11 Å². The third-order valence-corrected chi connectivity index (χ3v) is 11.8. The van der Waals surface area contributed by atoms with E-state index in [-0.39, 0.29) is 60.3 Å². The highest BCUT2D eigenvalue weighted by Crippen LogP contribution is 2.41. The average molecular weight is 887 g/mol. The van der Waals surface area contributed by atoms with Crippen molar-refractivity contribution in [2.75, 3.05) is 25.6 Å². The van der Waals surface area contributed by atoms with Gasteiger partial charge in [0, 0.05) is 29.3 Å². The maximum Gasteiger partial charge on any atom is 0.355 e. The number of esters is 2. The number of unbranched alkanes of at least 4 members (excludes halogenated alkanes) is 1. The monoisotopic (exact) mass is 886 g/mol. The molecule has 18 heteroatoms. The molecular formula is C45H54N6O11S. The lowest BCUT2D eigenvalue weighted by Gasteiger charge is -2.37. The second-order valence-electron chi connectivity index (χ2n) is 16.4. The molecule has 3 aliphatic heterocycles. The van der Waals surface area contributed by atoms with E-state index >= 15 is 0 Å². The molecule has 2 aromatic carbocycles. The molecule has 2 aromatic heterocycles. The number of methoxy groups -OCH3 is 1. The number of aromatic nitrogens is 2. The van der Waals surface area contributed by atoms with Crippen LogP contribution in [0.4, 0.5) is 5.69 Å². The molecule has 7 rings (SSSR count). The van der Waals surface area contributed by atoms with Gasteiger partial charge in [0.05, 0.1) is 35.6 Å². The van der Waals surface area contributed by atoms with E-state index in [9.17, 15) is 29.4 Å². The van der Waals surface area contributed by atoms with Crippen molar-refractivity contribution in [1.82, 2.24) is 20.2 Å². The molecule has 1 amide bonds. The largest absolute Gasteiger partial charge is 0.462 e. The maximum absolute atomic E-state index is 14.4. The molecule has 1 saturated heterocycles. The molecule has 63 heavy (non-hydrogen) atoms. The first-order chi connectivity index (χ1) is 30.3. The number of nitrogens with zero attached hydrogens (tertiary/aromatic N) is 2. The van der Waals surface area contributed by atoms with E-state index in [1.807, 2.05) is 44.2 Å². The van der Waals surface area contributed by atoms with Crippen molar-refractivity contribution < 1.29 is 48.3 Å². The number of nitrogens with two attached hydrogens (primary N) is 1. The molecule has 3 aliphatic rings. The highest BCUT2D eigenvalue weighted by atomic mass is 32.1. The summed E-state index contributed by atoms with van der Waals surface area (Å²) in [6.07, 6.45) is -2.51. The predicted molar refractivity (Wildman–Crippen MR) is 235 cm³/mol. The first-order valence-corrected chi connectivity index (χ1v) is 21.6. The van der Waals surface area contributed by atoms with Gasteiger partial charge in [0.2, 0.25) is 17.8 Å². The fourth-order valence-electron chi connectivity index (χ4n) is 8.29. The number of carbonyl (C=O) groups is 3. The Morgan fingerprint density at radius 1 is 1.06 bits per heavy atom. The van der Waals surface area contributed by atoms with Gasteiger partial charge in [-0.1, -0.05) is 39.0 Å². The van der Waals surface area contributed by atoms with Gasteiger partial charge < -0.3 is 60.1 Å². The van der Waals surface area contributed by atoms with Crippen LogP contribution in [0.25, 0.3) is 22.3 Å². The number of thiocarbonyl (C=S) groups is 1. The Labute approximate surface area is 369 Å². The summed E-state index contributed by atoms with van der Waals surface area (Å²) in [5, 5.41) is 30.6. The lowest BCUT2D eigenvalue weighted by Crippen LogP contribution is -2.55. The number of hydrogen-bond acceptors (Lipinski definition) is 14. The topological polar surface area (TPSA) is 235 Å². The van der Waals surface area contributed by atoms with E-state index in [0.29, 0.717) is 48.6 Å². The Kier molecular flexibility index (Phi) is 14.1. The van der Waals surface area contributed by atoms with E-state index < -0.39 is 60.1 Å². The van der Waals surface area contributed by atoms with Crippen molar-refractivity contribution in [2.24, 2.45) is 11.7 Å². The smallest absolute Gasteiger partial charge is 0.355 e. The van der Waals surface area contributed by atoms with E-state index in [2.05, 4.69) is 16.0 Å². The highest BCUT2D eigenvalue weighted by Gasteiger charge is 2.51. The Balaban J connectivity index is 1.07. The summed E-state index contributed by atoms with van der Waals surface area (Å²) in [6.45, 7) is 5.80. The number of pyridine rings is 2. The van der Waals surface area contributed by atoms with Crippen LogP contribution >= 0.6 is 12.2 Å². The SMILES string of the molecule is CC[C@@]1(OC(=O)[C@@H](CC(C)C)NC(=O)[C@H](CCCCN)NC(=S)Nc2ccc(O[C@H]3OC[C@@H](O)[C@@H](OC)C3O)cc2)C(=O)OCc2c1cc1n(c2=O)Cc2cc3ccccc3nc2-1. The van der Waals surface area contributed by atoms with E-state index in [0.717, 1.165) is 16.5 Å². The zero-order chi connectivity index (χ0) is 45.0. The van der Waals surface area contributed by atoms with Crippen LogP contribution in [0, 0.1) is 5.92 Å². The van der Waals surface area contributed by atoms with Crippen LogP contribution in [-0.4, -0.2) is 99.7 Å². The lowest BCUT2D eigenvalue weighted by atomic mass is 9.85. The number of carbonyl (C=O) groups excluding carboxylic acids is 3. The van der Waals surface area contributed by atoms with Crippen LogP contribution < -0.4 is 32.0 Å². The number of benzene rings is 2. The fourth-order valence-corrected chi connectivity index (χ4v) is 8.55. The van der Waals surface area contributed by atoms with Crippen LogP contribution in [0.5, 0.6) is 5.75 Å². The number of hydrogen-bond donors (Lipinski definition) is 6. The molecule has 0 saturated carbocycles. The number of nitrogens with one attached hydrogen (secondary N) is 3. The van der Waals surface area contributed by atoms with Gasteiger partial charge >= 0.3 is 11.9 Å². The number of para-hydroxylation sites is 1. The summed E-state index contributed by atoms with van der Waals surface area (Å²) in [6, 6.07) is 15.9. The van der Waals surface area contributed by atoms with Gasteiger partial charge in [-0.05, 0) is 99.2 Å². The number of amides is 1. The van der Waals surface area contributed by atoms with Crippen molar-refractivity contribution >= 4 is 51.8 Å². The number of rotatable bonds is 16. The molecule has 1 fully saturated rings. The molecule has 7 atom stereocenters. The third kappa shape index (κ3) is 9.56. The molecule has 7 N–H and O–H groups in total. The van der Waals surface area contributed by atoms with Crippen molar-refractivity contribution in [3.8, 4) is 17.1 Å². The zero-order valence-electron chi connectivity index (χ0n) is 35.6. The van der Waals surface area contributed by atoms with Crippen LogP contribution in [0.15, 0.2) is 65.5 Å². The Morgan fingerprint density at radius 2 is 1.83 bits per heavy atom. The van der Waals surface area contributed by atoms with Crippen LogP contribution in [0.1, 0.15) is 69.6 Å². The average Bonchev–Trinajstić information content (AvgIpc) is 3.62. The summed E-state index contributed by atoms with van der Waals surface area (Å²) in [5.74, 6) is -1.92. The Hall–Kier alpha value is -5.50. The minimum atomic E-state index is -1.97. The summed E-state index contributed by atoms with van der Waals surface area (Å²) in [7, 11) is 1.38. The van der Waals surface area contributed by atoms with Gasteiger partial charge in [0.25, 0.3) is 5.56 Å². The lowest BCUT2D eigenvalue weighted by molar-refractivity contribution is -0.247. The summed E-state index contributed by atoms with van der Waals surface area (Å²) >= 11 is 5.62. The number of ether oxygens (including phenoxy) is 5. The minimum absolute atomic E-state index is 0.0428. The van der Waals surface area contributed by atoms with Crippen molar-refractivity contribution in [3.63, 3.8) is 0 Å². The molecule has 0 spiro atoms. The molecular weight excluding hydrogens is 833 g/mol. The maximum atomic E-state index is 14.4. The second kappa shape index (κ2) is 19.5. The minimum Gasteiger partial charge on any atom is -0.462 e. The van der Waals surface area contributed by atoms with Crippen molar-refractivity contribution in [3.05, 3.63) is 87.7 Å². The molecule has 0 bridgehead atoms. The highest BCUT2D eigenvalue weighted by molar-refractivity contribution is 7.80. The number of fused-ring (bicyclic) bond motifs is 5. The quantitative estimate of drug-likeness (QED) is 0.0475. The molecule has 0 radical (unpaired) electrons. The molecule has 17 nitrogen and oxygen atoms in total. The third-order valence-electron chi connectivity index (χ3n) is 11.6. The Bertz CT molecular complexity index is 2410. The number of aliphatic hydroxyl groups is 2. The van der Waals surface area contributed by atoms with Gasteiger partial charge in [-0.3, -0.25) is 9.59 Å². The van der Waals surface area contributed by atoms with Crippen molar-refractivity contribution in [2.45, 2.75) is 108 Å². The van der Waals surface area contributed by atoms with Crippen molar-refractivity contribution in [1.29, 1.82) is 0 Å². The normalized spacial score (nSPS) is 22.3. The zero-order valence-corrected chi connectivity index (χ0v) is 36.4. The first-order valence-electron chi connectivity index (χ1n) is 21.2. The summed E-state index contributed by atoms with van der Waals surface area (Å²) in [5.41, 5.74) is 7.15. The van der Waals surface area contributed by atoms with E-state index in [1.165, 1.54) is 7.11 Å². The molecule has 1 unspecified atom stereocenters. The summed E-state index contributed by atoms with van der Waals surface area (Å²) < 4.78 is 29.8. The molecule has 4 aromatic rings. The first kappa shape index (κ1) is 45.5. The summed E-state index contributed by atoms with van der Waals surface area (Å²) in [4.78, 5) is 61.3. The molecule has 5 heterocycles. The van der Waals surface area contributed by atoms with Gasteiger partial charge in [-0.2, -0.15) is 0 Å². The van der Waals surface area contributed by atoms with Crippen LogP contribution in [0.2, 0.25) is 0 Å². The Morgan fingerprint density at radius 3 is 2.54 bits per heavy atom. The number of cyclic esters (lactones) is 1. The predicted octanol–water partition coefficient (Wildman–Crippen LogP) is 3.12. The second-order valence-corrected chi connectivity index (χ2v) is 16.8. The van der Waals surface area contributed by atoms with Crippen LogP contribution in [-0.2, 0) is 52.1 Å². The fraction of sp³-hybridized carbons (Fsp3) is 0.467. The van der Waals surface area contributed by atoms with Crippen LogP contribution in [0.3, 0.4) is 0 Å². The molecule has 0 aliphatic carbocycles. The standard InChI is InChI=1S/C45H54N6O11S/c1-5-45(30-20-34-36-26(19-25-10-6-7-11-31(25)48-36)21-51(34)40(55)29(30)22-60-43(45)57)62-41(56)33(18-24(2)3)49-39(54)32(12-8-9-17-46)50-44(63)47-27-13-15-28(16-14-27)61-42-37(53)38(58-4)35(52)23-59-42/h6-7,10-11,13-16,19-20,24,32-33,35,37-38,42,52-53H,5,8-9,12,17-18,21-23,46H2,1-4H3,(H,49,54)(H2,47,50,63)/t32-,33+,35+,37?,38+,42+,45-/m0/s1. The number of anilines is 1. The van der Waals surface area contributed by atoms with Gasteiger partial charge in [-0.15, -0.1) is 0 Å².